The zero-order valence-corrected chi connectivity index (χ0v) is 14.8. The number of fused-ring (bicyclic) bond motifs is 2. The highest BCUT2D eigenvalue weighted by Crippen LogP contribution is 2.41. The highest BCUT2D eigenvalue weighted by Gasteiger charge is 2.51. The number of benzene rings is 1. The van der Waals surface area contributed by atoms with E-state index in [-0.39, 0.29) is 11.0 Å². The third kappa shape index (κ3) is 2.68. The quantitative estimate of drug-likeness (QED) is 0.790. The molecular weight excluding hydrogens is 284 g/mol. The van der Waals surface area contributed by atoms with Gasteiger partial charge in [-0.05, 0) is 48.9 Å². The summed E-state index contributed by atoms with van der Waals surface area (Å²) in [5, 5.41) is 0. The molecule has 0 aromatic heterocycles. The lowest BCUT2D eigenvalue weighted by atomic mass is 9.87. The van der Waals surface area contributed by atoms with Crippen molar-refractivity contribution in [3.63, 3.8) is 0 Å². The Hall–Kier alpha value is -1.06. The van der Waals surface area contributed by atoms with Crippen LogP contribution in [0.1, 0.15) is 45.6 Å². The molecule has 0 N–H and O–H groups in total. The molecule has 3 aliphatic heterocycles. The van der Waals surface area contributed by atoms with Crippen molar-refractivity contribution < 1.29 is 4.74 Å². The van der Waals surface area contributed by atoms with Crippen LogP contribution in [0.3, 0.4) is 0 Å². The van der Waals surface area contributed by atoms with E-state index in [0.717, 1.165) is 26.2 Å². The van der Waals surface area contributed by atoms with Gasteiger partial charge in [0.1, 0.15) is 5.60 Å². The predicted molar refractivity (Wildman–Crippen MR) is 95.3 cm³/mol. The number of hydrogen-bond acceptors (Lipinski definition) is 3. The van der Waals surface area contributed by atoms with Gasteiger partial charge in [-0.3, -0.25) is 4.90 Å². The maximum atomic E-state index is 6.39. The van der Waals surface area contributed by atoms with E-state index in [2.05, 4.69) is 54.8 Å². The first-order chi connectivity index (χ1) is 11.0. The Bertz CT molecular complexity index is 562. The van der Waals surface area contributed by atoms with E-state index >= 15 is 0 Å². The van der Waals surface area contributed by atoms with Crippen molar-refractivity contribution in [1.29, 1.82) is 0 Å². The minimum absolute atomic E-state index is 0.0808. The highest BCUT2D eigenvalue weighted by atomic mass is 16.5. The minimum Gasteiger partial charge on any atom is -0.370 e. The number of morpholine rings is 1. The largest absolute Gasteiger partial charge is 0.370 e. The Labute approximate surface area is 140 Å². The first-order valence-corrected chi connectivity index (χ1v) is 9.21. The van der Waals surface area contributed by atoms with Crippen LogP contribution in [0.15, 0.2) is 24.3 Å². The van der Waals surface area contributed by atoms with Crippen LogP contribution in [0.2, 0.25) is 0 Å². The average molecular weight is 314 g/mol. The van der Waals surface area contributed by atoms with Crippen molar-refractivity contribution in [2.45, 2.75) is 57.1 Å². The number of nitrogens with zero attached hydrogens (tertiary/aromatic N) is 2. The Morgan fingerprint density at radius 3 is 2.61 bits per heavy atom. The van der Waals surface area contributed by atoms with Crippen LogP contribution in [0.25, 0.3) is 0 Å². The molecule has 2 atom stereocenters. The van der Waals surface area contributed by atoms with Crippen LogP contribution in [0.5, 0.6) is 0 Å². The molecular formula is C20H30N2O. The summed E-state index contributed by atoms with van der Waals surface area (Å²) in [6, 6.07) is 9.84. The van der Waals surface area contributed by atoms with Gasteiger partial charge in [-0.2, -0.15) is 0 Å². The first-order valence-electron chi connectivity index (χ1n) is 9.21. The Kier molecular flexibility index (Phi) is 3.69. The summed E-state index contributed by atoms with van der Waals surface area (Å²) < 4.78 is 6.39. The van der Waals surface area contributed by atoms with Crippen molar-refractivity contribution in [1.82, 2.24) is 4.90 Å². The molecule has 23 heavy (non-hydrogen) atoms. The molecule has 3 fully saturated rings. The van der Waals surface area contributed by atoms with Crippen LogP contribution in [-0.2, 0) is 10.2 Å². The third-order valence-electron chi connectivity index (χ3n) is 6.10. The van der Waals surface area contributed by atoms with Crippen LogP contribution < -0.4 is 4.90 Å². The fraction of sp³-hybridized carbons (Fsp3) is 0.700. The SMILES string of the molecule is CC(C)(C)c1ccc(N2CCC3(C2)OCCN2CCCC23)cc1. The summed E-state index contributed by atoms with van der Waals surface area (Å²) >= 11 is 0. The van der Waals surface area contributed by atoms with Crippen molar-refractivity contribution in [2.75, 3.05) is 37.7 Å². The van der Waals surface area contributed by atoms with Crippen molar-refractivity contribution in [2.24, 2.45) is 0 Å². The monoisotopic (exact) mass is 314 g/mol. The second-order valence-electron chi connectivity index (χ2n) is 8.58. The molecule has 3 aliphatic rings. The molecule has 0 amide bonds. The summed E-state index contributed by atoms with van der Waals surface area (Å²) in [4.78, 5) is 5.21. The highest BCUT2D eigenvalue weighted by molar-refractivity contribution is 5.50. The number of rotatable bonds is 1. The Morgan fingerprint density at radius 2 is 1.87 bits per heavy atom. The van der Waals surface area contributed by atoms with Crippen LogP contribution >= 0.6 is 0 Å². The van der Waals surface area contributed by atoms with Crippen molar-refractivity contribution in [3.05, 3.63) is 29.8 Å². The van der Waals surface area contributed by atoms with E-state index in [1.54, 1.807) is 0 Å². The van der Waals surface area contributed by atoms with E-state index in [0.29, 0.717) is 6.04 Å². The molecule has 2 unspecified atom stereocenters. The molecule has 1 aromatic rings. The molecule has 0 saturated carbocycles. The molecule has 126 valence electrons. The minimum atomic E-state index is 0.0808. The zero-order chi connectivity index (χ0) is 16.1. The molecule has 1 spiro atoms. The third-order valence-corrected chi connectivity index (χ3v) is 6.10. The fourth-order valence-electron chi connectivity index (χ4n) is 4.74. The van der Waals surface area contributed by atoms with Gasteiger partial charge < -0.3 is 9.64 Å². The van der Waals surface area contributed by atoms with E-state index in [9.17, 15) is 0 Å². The molecule has 3 saturated heterocycles. The van der Waals surface area contributed by atoms with Gasteiger partial charge in [-0.1, -0.05) is 32.9 Å². The molecule has 0 aliphatic carbocycles. The van der Waals surface area contributed by atoms with E-state index < -0.39 is 0 Å². The average Bonchev–Trinajstić information content (AvgIpc) is 3.15. The van der Waals surface area contributed by atoms with Gasteiger partial charge in [0, 0.05) is 31.4 Å². The standard InChI is InChI=1S/C20H30N2O/c1-19(2,3)16-6-8-17(9-7-16)22-12-10-20(15-22)18-5-4-11-21(18)13-14-23-20/h6-9,18H,4-5,10-15H2,1-3H3. The second kappa shape index (κ2) is 5.49. The van der Waals surface area contributed by atoms with Gasteiger partial charge in [0.05, 0.1) is 6.61 Å². The van der Waals surface area contributed by atoms with E-state index in [1.807, 2.05) is 0 Å². The first kappa shape index (κ1) is 15.5. The second-order valence-corrected chi connectivity index (χ2v) is 8.58. The van der Waals surface area contributed by atoms with Gasteiger partial charge >= 0.3 is 0 Å². The molecule has 0 bridgehead atoms. The van der Waals surface area contributed by atoms with Gasteiger partial charge in [0.2, 0.25) is 0 Å². The molecule has 4 rings (SSSR count). The van der Waals surface area contributed by atoms with Gasteiger partial charge in [0.15, 0.2) is 0 Å². The lowest BCUT2D eigenvalue weighted by molar-refractivity contribution is -0.122. The van der Waals surface area contributed by atoms with Crippen molar-refractivity contribution in [3.8, 4) is 0 Å². The molecule has 3 heterocycles. The Balaban J connectivity index is 1.52. The summed E-state index contributed by atoms with van der Waals surface area (Å²) in [6.45, 7) is 12.3. The predicted octanol–water partition coefficient (Wildman–Crippen LogP) is 3.43. The fourth-order valence-corrected chi connectivity index (χ4v) is 4.74. The summed E-state index contributed by atoms with van der Waals surface area (Å²) in [6.07, 6.45) is 3.84. The summed E-state index contributed by atoms with van der Waals surface area (Å²) in [7, 11) is 0. The molecule has 3 nitrogen and oxygen atoms in total. The number of anilines is 1. The Morgan fingerprint density at radius 1 is 1.09 bits per heavy atom. The van der Waals surface area contributed by atoms with E-state index in [1.165, 1.54) is 37.1 Å². The number of hydrogen-bond donors (Lipinski definition) is 0. The summed E-state index contributed by atoms with van der Waals surface area (Å²) in [5.74, 6) is 0. The van der Waals surface area contributed by atoms with Gasteiger partial charge in [-0.15, -0.1) is 0 Å². The molecule has 0 radical (unpaired) electrons. The van der Waals surface area contributed by atoms with Crippen molar-refractivity contribution >= 4 is 5.69 Å². The lowest BCUT2D eigenvalue weighted by Crippen LogP contribution is -2.58. The van der Waals surface area contributed by atoms with Crippen LogP contribution in [0, 0.1) is 0 Å². The smallest absolute Gasteiger partial charge is 0.103 e. The molecule has 3 heteroatoms. The van der Waals surface area contributed by atoms with Crippen LogP contribution in [0.4, 0.5) is 5.69 Å². The topological polar surface area (TPSA) is 15.7 Å². The van der Waals surface area contributed by atoms with Gasteiger partial charge in [-0.25, -0.2) is 0 Å². The van der Waals surface area contributed by atoms with Gasteiger partial charge in [0.25, 0.3) is 0 Å². The maximum Gasteiger partial charge on any atom is 0.103 e. The normalized spacial score (nSPS) is 31.8. The summed E-state index contributed by atoms with van der Waals surface area (Å²) in [5.41, 5.74) is 3.07. The molecule has 1 aromatic carbocycles. The zero-order valence-electron chi connectivity index (χ0n) is 14.8. The van der Waals surface area contributed by atoms with E-state index in [4.69, 9.17) is 4.74 Å². The maximum absolute atomic E-state index is 6.39. The number of ether oxygens (including phenoxy) is 1. The lowest BCUT2D eigenvalue weighted by Gasteiger charge is -2.44. The van der Waals surface area contributed by atoms with Crippen LogP contribution in [-0.4, -0.2) is 49.3 Å².